The van der Waals surface area contributed by atoms with Crippen molar-refractivity contribution < 1.29 is 0 Å². The first-order valence-electron chi connectivity index (χ1n) is 11.1. The summed E-state index contributed by atoms with van der Waals surface area (Å²) in [6.07, 6.45) is 3.91. The fraction of sp³-hybridized carbons (Fsp3) is 0. The third-order valence-corrected chi connectivity index (χ3v) is 7.24. The van der Waals surface area contributed by atoms with Gasteiger partial charge in [0, 0.05) is 27.6 Å². The lowest BCUT2D eigenvalue weighted by Gasteiger charge is -2.17. The van der Waals surface area contributed by atoms with Crippen LogP contribution in [0.25, 0.3) is 43.8 Å². The Balaban J connectivity index is 1.63. The Hall–Kier alpha value is -3.88. The second kappa shape index (κ2) is 8.57. The predicted molar refractivity (Wildman–Crippen MR) is 141 cm³/mol. The maximum Gasteiger partial charge on any atom is 0.0353 e. The van der Waals surface area contributed by atoms with Crippen molar-refractivity contribution in [2.75, 3.05) is 0 Å². The normalized spacial score (nSPS) is 11.2. The first-order chi connectivity index (χ1) is 16.4. The molecule has 6 rings (SSSR count). The molecule has 0 unspecified atom stereocenters. The largest absolute Gasteiger partial charge is 0.264 e. The van der Waals surface area contributed by atoms with E-state index in [-0.39, 0.29) is 0 Å². The summed E-state index contributed by atoms with van der Waals surface area (Å²) in [5, 5.41) is 4.93. The van der Waals surface area contributed by atoms with Gasteiger partial charge in [0.1, 0.15) is 0 Å². The van der Waals surface area contributed by atoms with E-state index in [1.165, 1.54) is 53.6 Å². The van der Waals surface area contributed by atoms with E-state index < -0.39 is 0 Å². The smallest absolute Gasteiger partial charge is 0.0353 e. The minimum Gasteiger partial charge on any atom is -0.264 e. The summed E-state index contributed by atoms with van der Waals surface area (Å²) >= 11 is 1.84. The van der Waals surface area contributed by atoms with Crippen LogP contribution in [0.4, 0.5) is 0 Å². The standard InChI is InChI=1S/C31H21NS/c1-3-11-22(12-4-1)24-15-9-10-18-29(24)33-31-26-17-8-7-16-25(26)30(23-13-5-2-6-14-23)28-21-32-20-19-27(28)31/h1-21H. The highest BCUT2D eigenvalue weighted by Crippen LogP contribution is 2.46. The first-order valence-corrected chi connectivity index (χ1v) is 11.9. The molecule has 0 aliphatic rings. The van der Waals surface area contributed by atoms with Gasteiger partial charge in [-0.2, -0.15) is 0 Å². The Morgan fingerprint density at radius 3 is 1.88 bits per heavy atom. The zero-order valence-corrected chi connectivity index (χ0v) is 18.8. The van der Waals surface area contributed by atoms with Crippen LogP contribution >= 0.6 is 11.8 Å². The molecule has 1 aromatic heterocycles. The molecular formula is C31H21NS. The number of pyridine rings is 1. The van der Waals surface area contributed by atoms with Crippen LogP contribution in [0.3, 0.4) is 0 Å². The molecule has 0 radical (unpaired) electrons. The summed E-state index contributed by atoms with van der Waals surface area (Å²) in [7, 11) is 0. The summed E-state index contributed by atoms with van der Waals surface area (Å²) < 4.78 is 0. The van der Waals surface area contributed by atoms with Gasteiger partial charge in [0.05, 0.1) is 0 Å². The summed E-state index contributed by atoms with van der Waals surface area (Å²) in [5.41, 5.74) is 4.95. The van der Waals surface area contributed by atoms with Crippen LogP contribution in [0.2, 0.25) is 0 Å². The molecule has 1 nitrogen and oxygen atoms in total. The van der Waals surface area contributed by atoms with Crippen LogP contribution in [0, 0.1) is 0 Å². The monoisotopic (exact) mass is 439 g/mol. The maximum atomic E-state index is 4.51. The van der Waals surface area contributed by atoms with Crippen molar-refractivity contribution >= 4 is 33.3 Å². The third-order valence-electron chi connectivity index (χ3n) is 6.02. The van der Waals surface area contributed by atoms with Gasteiger partial charge in [-0.3, -0.25) is 4.98 Å². The minimum absolute atomic E-state index is 1.18. The van der Waals surface area contributed by atoms with Gasteiger partial charge in [0.25, 0.3) is 0 Å². The van der Waals surface area contributed by atoms with Crippen LogP contribution in [-0.4, -0.2) is 4.98 Å². The molecule has 0 aliphatic carbocycles. The summed E-state index contributed by atoms with van der Waals surface area (Å²) in [6, 6.07) is 40.8. The molecule has 1 heterocycles. The molecule has 0 N–H and O–H groups in total. The Morgan fingerprint density at radius 1 is 0.485 bits per heavy atom. The first kappa shape index (κ1) is 19.8. The number of hydrogen-bond donors (Lipinski definition) is 0. The van der Waals surface area contributed by atoms with E-state index in [2.05, 4.69) is 120 Å². The lowest BCUT2D eigenvalue weighted by atomic mass is 9.93. The molecule has 0 fully saturated rings. The van der Waals surface area contributed by atoms with Crippen molar-refractivity contribution in [3.8, 4) is 22.3 Å². The summed E-state index contributed by atoms with van der Waals surface area (Å²) in [6.45, 7) is 0. The number of benzene rings is 5. The van der Waals surface area contributed by atoms with Crippen molar-refractivity contribution in [1.82, 2.24) is 4.98 Å². The number of rotatable bonds is 4. The molecule has 5 aromatic carbocycles. The van der Waals surface area contributed by atoms with E-state index in [1.807, 2.05) is 24.2 Å². The average Bonchev–Trinajstić information content (AvgIpc) is 2.90. The van der Waals surface area contributed by atoms with Crippen LogP contribution < -0.4 is 0 Å². The van der Waals surface area contributed by atoms with Crippen LogP contribution in [0.1, 0.15) is 0 Å². The van der Waals surface area contributed by atoms with Crippen molar-refractivity contribution in [3.05, 3.63) is 128 Å². The number of nitrogens with zero attached hydrogens (tertiary/aromatic N) is 1. The summed E-state index contributed by atoms with van der Waals surface area (Å²) in [4.78, 5) is 7.03. The fourth-order valence-electron chi connectivity index (χ4n) is 4.53. The Morgan fingerprint density at radius 2 is 1.09 bits per heavy atom. The summed E-state index contributed by atoms with van der Waals surface area (Å²) in [5.74, 6) is 0. The van der Waals surface area contributed by atoms with E-state index in [4.69, 9.17) is 0 Å². The highest BCUT2D eigenvalue weighted by Gasteiger charge is 2.17. The van der Waals surface area contributed by atoms with Gasteiger partial charge in [-0.25, -0.2) is 0 Å². The topological polar surface area (TPSA) is 12.9 Å². The van der Waals surface area contributed by atoms with Crippen LogP contribution in [-0.2, 0) is 0 Å². The maximum absolute atomic E-state index is 4.51. The molecule has 2 heteroatoms. The average molecular weight is 440 g/mol. The number of hydrogen-bond acceptors (Lipinski definition) is 2. The van der Waals surface area contributed by atoms with E-state index in [1.54, 1.807) is 0 Å². The van der Waals surface area contributed by atoms with Crippen LogP contribution in [0.15, 0.2) is 137 Å². The second-order valence-electron chi connectivity index (χ2n) is 8.00. The SMILES string of the molecule is c1ccc(-c2ccccc2Sc2c3ccccc3c(-c3ccccc3)c3cnccc23)cc1. The fourth-order valence-corrected chi connectivity index (χ4v) is 5.77. The molecule has 0 saturated carbocycles. The van der Waals surface area contributed by atoms with Gasteiger partial charge in [-0.15, -0.1) is 0 Å². The highest BCUT2D eigenvalue weighted by atomic mass is 32.2. The molecule has 33 heavy (non-hydrogen) atoms. The predicted octanol–water partition coefficient (Wildman–Crippen LogP) is 8.87. The van der Waals surface area contributed by atoms with Crippen molar-refractivity contribution in [1.29, 1.82) is 0 Å². The van der Waals surface area contributed by atoms with Crippen molar-refractivity contribution in [3.63, 3.8) is 0 Å². The van der Waals surface area contributed by atoms with E-state index in [0.717, 1.165) is 0 Å². The zero-order chi connectivity index (χ0) is 22.0. The van der Waals surface area contributed by atoms with E-state index >= 15 is 0 Å². The van der Waals surface area contributed by atoms with Gasteiger partial charge < -0.3 is 0 Å². The lowest BCUT2D eigenvalue weighted by Crippen LogP contribution is -1.90. The molecule has 0 aliphatic heterocycles. The second-order valence-corrected chi connectivity index (χ2v) is 9.05. The molecule has 6 aromatic rings. The number of fused-ring (bicyclic) bond motifs is 2. The Labute approximate surface area is 197 Å². The van der Waals surface area contributed by atoms with Gasteiger partial charge in [-0.1, -0.05) is 115 Å². The zero-order valence-electron chi connectivity index (χ0n) is 18.0. The Kier molecular flexibility index (Phi) is 5.14. The van der Waals surface area contributed by atoms with E-state index in [9.17, 15) is 0 Å². The van der Waals surface area contributed by atoms with Crippen LogP contribution in [0.5, 0.6) is 0 Å². The molecule has 0 atom stereocenters. The van der Waals surface area contributed by atoms with Gasteiger partial charge >= 0.3 is 0 Å². The number of aromatic nitrogens is 1. The highest BCUT2D eigenvalue weighted by molar-refractivity contribution is 8.00. The lowest BCUT2D eigenvalue weighted by molar-refractivity contribution is 1.36. The minimum atomic E-state index is 1.18. The van der Waals surface area contributed by atoms with Gasteiger partial charge in [0.15, 0.2) is 0 Å². The molecule has 0 saturated heterocycles. The van der Waals surface area contributed by atoms with Gasteiger partial charge in [-0.05, 0) is 50.5 Å². The van der Waals surface area contributed by atoms with Gasteiger partial charge in [0.2, 0.25) is 0 Å². The molecule has 156 valence electrons. The Bertz CT molecular complexity index is 1520. The molecular weight excluding hydrogens is 418 g/mol. The quantitative estimate of drug-likeness (QED) is 0.254. The molecule has 0 spiro atoms. The van der Waals surface area contributed by atoms with Crippen molar-refractivity contribution in [2.24, 2.45) is 0 Å². The van der Waals surface area contributed by atoms with E-state index in [0.29, 0.717) is 0 Å². The van der Waals surface area contributed by atoms with Crippen molar-refractivity contribution in [2.45, 2.75) is 9.79 Å². The molecule has 0 bridgehead atoms. The molecule has 0 amide bonds. The third kappa shape index (κ3) is 3.59.